The lowest BCUT2D eigenvalue weighted by atomic mass is 9.95. The number of methoxy groups -OCH3 is 2. The third kappa shape index (κ3) is 6.07. The molecule has 2 heterocycles. The highest BCUT2D eigenvalue weighted by Gasteiger charge is 2.33. The number of carbonyl (C=O) groups is 1. The molecule has 43 heavy (non-hydrogen) atoms. The van der Waals surface area contributed by atoms with Crippen LogP contribution < -0.4 is 24.4 Å². The Morgan fingerprint density at radius 2 is 1.84 bits per heavy atom. The molecule has 9 heteroatoms. The molecule has 0 aliphatic carbocycles. The first kappa shape index (κ1) is 30.1. The van der Waals surface area contributed by atoms with E-state index in [2.05, 4.69) is 6.58 Å². The molecule has 0 bridgehead atoms. The number of carbonyl (C=O) groups excluding carboxylic acids is 1. The molecular weight excluding hydrogens is 584 g/mol. The first-order valence-electron chi connectivity index (χ1n) is 13.8. The van der Waals surface area contributed by atoms with Gasteiger partial charge in [0.1, 0.15) is 6.61 Å². The van der Waals surface area contributed by atoms with Gasteiger partial charge in [-0.05, 0) is 48.2 Å². The Hall–Kier alpha value is -4.40. The smallest absolute Gasteiger partial charge is 0.338 e. The molecule has 5 rings (SSSR count). The lowest BCUT2D eigenvalue weighted by Gasteiger charge is -2.25. The van der Waals surface area contributed by atoms with Gasteiger partial charge in [-0.2, -0.15) is 0 Å². The number of fused-ring (bicyclic) bond motifs is 1. The third-order valence-electron chi connectivity index (χ3n) is 7.13. The molecule has 0 fully saturated rings. The number of aromatic nitrogens is 1. The van der Waals surface area contributed by atoms with E-state index in [1.165, 1.54) is 18.4 Å². The standard InChI is InChI=1S/C34H31ClN2O5S/c1-5-12-23-17-21(18-27(40-3)31(23)42-20-24-15-10-11-16-25(24)35)19-28-32(38)37-30(22-13-8-7-9-14-22)29(33(39)41-4)26(6-2)36-34(37)43-28/h5,7-11,13-19,30H,1,6,12,20H2,2-4H3/b28-19-/t30-/m1/s1. The third-order valence-corrected chi connectivity index (χ3v) is 8.48. The molecular formula is C34H31ClN2O5S. The van der Waals surface area contributed by atoms with Crippen molar-refractivity contribution in [2.75, 3.05) is 14.2 Å². The van der Waals surface area contributed by atoms with E-state index in [0.717, 1.165) is 22.3 Å². The van der Waals surface area contributed by atoms with Gasteiger partial charge in [0.05, 0.1) is 36.1 Å². The first-order chi connectivity index (χ1) is 20.9. The Labute approximate surface area is 258 Å². The van der Waals surface area contributed by atoms with Gasteiger partial charge >= 0.3 is 5.97 Å². The predicted molar refractivity (Wildman–Crippen MR) is 170 cm³/mol. The highest BCUT2D eigenvalue weighted by Crippen LogP contribution is 2.35. The fourth-order valence-corrected chi connectivity index (χ4v) is 6.33. The topological polar surface area (TPSA) is 79.1 Å². The Kier molecular flexibility index (Phi) is 9.28. The van der Waals surface area contributed by atoms with Crippen molar-refractivity contribution in [3.8, 4) is 11.5 Å². The zero-order valence-corrected chi connectivity index (χ0v) is 25.7. The van der Waals surface area contributed by atoms with E-state index in [1.807, 2.05) is 79.7 Å². The van der Waals surface area contributed by atoms with Crippen LogP contribution in [0.25, 0.3) is 6.08 Å². The summed E-state index contributed by atoms with van der Waals surface area (Å²) < 4.78 is 19.1. The molecule has 1 aliphatic rings. The van der Waals surface area contributed by atoms with Crippen LogP contribution in [0.3, 0.4) is 0 Å². The number of rotatable bonds is 10. The molecule has 1 atom stereocenters. The molecule has 3 aromatic carbocycles. The van der Waals surface area contributed by atoms with Gasteiger partial charge in [0.2, 0.25) is 0 Å². The van der Waals surface area contributed by atoms with Gasteiger partial charge in [0.15, 0.2) is 16.3 Å². The zero-order valence-electron chi connectivity index (χ0n) is 24.1. The van der Waals surface area contributed by atoms with E-state index in [1.54, 1.807) is 17.8 Å². The molecule has 220 valence electrons. The summed E-state index contributed by atoms with van der Waals surface area (Å²) in [6.07, 6.45) is 4.63. The Morgan fingerprint density at radius 1 is 1.09 bits per heavy atom. The van der Waals surface area contributed by atoms with E-state index >= 15 is 0 Å². The van der Waals surface area contributed by atoms with Gasteiger partial charge in [-0.15, -0.1) is 6.58 Å². The van der Waals surface area contributed by atoms with Gasteiger partial charge in [-0.3, -0.25) is 9.36 Å². The summed E-state index contributed by atoms with van der Waals surface area (Å²) in [5, 5.41) is 0.620. The number of hydrogen-bond donors (Lipinski definition) is 0. The second kappa shape index (κ2) is 13.3. The summed E-state index contributed by atoms with van der Waals surface area (Å²) in [6.45, 7) is 6.10. The number of esters is 1. The molecule has 7 nitrogen and oxygen atoms in total. The van der Waals surface area contributed by atoms with Crippen LogP contribution in [0.1, 0.15) is 41.6 Å². The molecule has 0 saturated heterocycles. The molecule has 1 aromatic heterocycles. The maximum absolute atomic E-state index is 14.0. The number of nitrogens with zero attached hydrogens (tertiary/aromatic N) is 2. The molecule has 0 N–H and O–H groups in total. The van der Waals surface area contributed by atoms with Crippen LogP contribution in [-0.2, 0) is 22.6 Å². The van der Waals surface area contributed by atoms with E-state index in [-0.39, 0.29) is 12.2 Å². The van der Waals surface area contributed by atoms with Crippen molar-refractivity contribution in [3.63, 3.8) is 0 Å². The van der Waals surface area contributed by atoms with Crippen LogP contribution in [0.2, 0.25) is 5.02 Å². The van der Waals surface area contributed by atoms with Gasteiger partial charge < -0.3 is 14.2 Å². The maximum atomic E-state index is 14.0. The maximum Gasteiger partial charge on any atom is 0.338 e. The molecule has 0 radical (unpaired) electrons. The monoisotopic (exact) mass is 614 g/mol. The summed E-state index contributed by atoms with van der Waals surface area (Å²) in [4.78, 5) is 32.3. The highest BCUT2D eigenvalue weighted by atomic mass is 35.5. The SMILES string of the molecule is C=CCc1cc(/C=c2\sc3n(c2=O)[C@H](c2ccccc2)C(C(=O)OC)=C(CC)N=3)cc(OC)c1OCc1ccccc1Cl. The molecule has 4 aromatic rings. The molecule has 0 spiro atoms. The summed E-state index contributed by atoms with van der Waals surface area (Å²) >= 11 is 7.62. The number of thiazole rings is 1. The lowest BCUT2D eigenvalue weighted by molar-refractivity contribution is -0.136. The zero-order chi connectivity index (χ0) is 30.5. The van der Waals surface area contributed by atoms with Crippen molar-refractivity contribution in [1.82, 2.24) is 4.57 Å². The van der Waals surface area contributed by atoms with Crippen LogP contribution in [0, 0.1) is 0 Å². The van der Waals surface area contributed by atoms with Gasteiger partial charge in [0, 0.05) is 16.1 Å². The van der Waals surface area contributed by atoms with Gasteiger partial charge in [-0.25, -0.2) is 9.79 Å². The largest absolute Gasteiger partial charge is 0.493 e. The van der Waals surface area contributed by atoms with Crippen molar-refractivity contribution in [3.05, 3.63) is 138 Å². The average Bonchev–Trinajstić information content (AvgIpc) is 3.34. The average molecular weight is 615 g/mol. The first-order valence-corrected chi connectivity index (χ1v) is 15.0. The lowest BCUT2D eigenvalue weighted by Crippen LogP contribution is -2.40. The number of hydrogen-bond acceptors (Lipinski definition) is 7. The van der Waals surface area contributed by atoms with Crippen molar-refractivity contribution >= 4 is 35.0 Å². The Balaban J connectivity index is 1.63. The van der Waals surface area contributed by atoms with Crippen LogP contribution in [-0.4, -0.2) is 24.8 Å². The van der Waals surface area contributed by atoms with Crippen LogP contribution >= 0.6 is 22.9 Å². The Morgan fingerprint density at radius 3 is 2.51 bits per heavy atom. The van der Waals surface area contributed by atoms with Crippen molar-refractivity contribution in [2.24, 2.45) is 4.99 Å². The fourth-order valence-electron chi connectivity index (χ4n) is 5.12. The van der Waals surface area contributed by atoms with Crippen LogP contribution in [0.15, 0.2) is 100 Å². The summed E-state index contributed by atoms with van der Waals surface area (Å²) in [5.74, 6) is 0.601. The summed E-state index contributed by atoms with van der Waals surface area (Å²) in [7, 11) is 2.92. The Bertz CT molecular complexity index is 1890. The normalized spacial score (nSPS) is 14.6. The number of benzene rings is 3. The molecule has 0 unspecified atom stereocenters. The van der Waals surface area contributed by atoms with Gasteiger partial charge in [-0.1, -0.05) is 84.5 Å². The predicted octanol–water partition coefficient (Wildman–Crippen LogP) is 5.77. The fraction of sp³-hybridized carbons (Fsp3) is 0.206. The number of halogens is 1. The van der Waals surface area contributed by atoms with E-state index < -0.39 is 12.0 Å². The van der Waals surface area contributed by atoms with Crippen molar-refractivity contribution in [2.45, 2.75) is 32.4 Å². The number of allylic oxidation sites excluding steroid dienone is 2. The minimum Gasteiger partial charge on any atom is -0.493 e. The second-order valence-electron chi connectivity index (χ2n) is 9.78. The van der Waals surface area contributed by atoms with Crippen LogP contribution in [0.5, 0.6) is 11.5 Å². The summed E-state index contributed by atoms with van der Waals surface area (Å²) in [5.41, 5.74) is 3.97. The van der Waals surface area contributed by atoms with E-state index in [9.17, 15) is 9.59 Å². The van der Waals surface area contributed by atoms with E-state index in [0.29, 0.717) is 50.0 Å². The quantitative estimate of drug-likeness (QED) is 0.167. The van der Waals surface area contributed by atoms with Gasteiger partial charge in [0.25, 0.3) is 5.56 Å². The minimum atomic E-state index is -0.659. The molecule has 0 amide bonds. The van der Waals surface area contributed by atoms with E-state index in [4.69, 9.17) is 30.8 Å². The minimum absolute atomic E-state index is 0.252. The second-order valence-corrected chi connectivity index (χ2v) is 11.2. The van der Waals surface area contributed by atoms with Crippen LogP contribution in [0.4, 0.5) is 0 Å². The van der Waals surface area contributed by atoms with Crippen molar-refractivity contribution in [1.29, 1.82) is 0 Å². The molecule has 0 saturated carbocycles. The van der Waals surface area contributed by atoms with Crippen molar-refractivity contribution < 1.29 is 19.0 Å². The highest BCUT2D eigenvalue weighted by molar-refractivity contribution is 7.07. The summed E-state index contributed by atoms with van der Waals surface area (Å²) in [6, 6.07) is 20.1. The number of ether oxygens (including phenoxy) is 3. The molecule has 1 aliphatic heterocycles.